The largest absolute Gasteiger partial charge is 0.384 e. The van der Waals surface area contributed by atoms with Gasteiger partial charge in [0.1, 0.15) is 5.82 Å². The van der Waals surface area contributed by atoms with E-state index >= 15 is 0 Å². The van der Waals surface area contributed by atoms with Crippen LogP contribution >= 0.6 is 0 Å². The number of pyridine rings is 1. The first-order chi connectivity index (χ1) is 13.3. The molecular weight excluding hydrogens is 336 g/mol. The van der Waals surface area contributed by atoms with Gasteiger partial charge in [-0.2, -0.15) is 5.10 Å². The number of nitrogens with zero attached hydrogens (tertiary/aromatic N) is 3. The molecule has 1 saturated heterocycles. The summed E-state index contributed by atoms with van der Waals surface area (Å²) in [6, 6.07) is 14.6. The van der Waals surface area contributed by atoms with Crippen LogP contribution < -0.4 is 11.1 Å². The van der Waals surface area contributed by atoms with Crippen molar-refractivity contribution in [3.05, 3.63) is 60.6 Å². The molecule has 27 heavy (non-hydrogen) atoms. The van der Waals surface area contributed by atoms with Crippen molar-refractivity contribution in [3.8, 4) is 11.1 Å². The molecule has 0 bridgehead atoms. The number of rotatable bonds is 6. The summed E-state index contributed by atoms with van der Waals surface area (Å²) in [6.07, 6.45) is 7.28. The van der Waals surface area contributed by atoms with E-state index in [1.54, 1.807) is 6.20 Å². The summed E-state index contributed by atoms with van der Waals surface area (Å²) in [7, 11) is 0. The second-order valence-electron chi connectivity index (χ2n) is 7.01. The molecule has 1 unspecified atom stereocenters. The maximum atomic E-state index is 5.88. The first-order valence-corrected chi connectivity index (χ1v) is 9.59. The Labute approximate surface area is 159 Å². The third-order valence-corrected chi connectivity index (χ3v) is 5.21. The molecule has 1 aromatic carbocycles. The van der Waals surface area contributed by atoms with E-state index in [0.29, 0.717) is 11.9 Å². The van der Waals surface area contributed by atoms with E-state index in [9.17, 15) is 0 Å². The Kier molecular flexibility index (Phi) is 5.34. The van der Waals surface area contributed by atoms with Crippen molar-refractivity contribution >= 4 is 11.5 Å². The van der Waals surface area contributed by atoms with Crippen LogP contribution in [-0.4, -0.2) is 39.7 Å². The van der Waals surface area contributed by atoms with Gasteiger partial charge in [0.15, 0.2) is 0 Å². The molecule has 4 rings (SSSR count). The van der Waals surface area contributed by atoms with E-state index in [1.807, 2.05) is 24.4 Å². The number of hydrogen-bond acceptors (Lipinski definition) is 5. The molecule has 6 nitrogen and oxygen atoms in total. The summed E-state index contributed by atoms with van der Waals surface area (Å²) >= 11 is 0. The van der Waals surface area contributed by atoms with Crippen molar-refractivity contribution in [1.82, 2.24) is 20.1 Å². The Morgan fingerprint density at radius 2 is 2.07 bits per heavy atom. The zero-order chi connectivity index (χ0) is 18.5. The molecule has 0 saturated carbocycles. The average molecular weight is 362 g/mol. The molecule has 0 amide bonds. The maximum Gasteiger partial charge on any atom is 0.123 e. The Balaban J connectivity index is 1.49. The lowest BCUT2D eigenvalue weighted by molar-refractivity contribution is 0.152. The second kappa shape index (κ2) is 8.22. The number of H-pyrrole nitrogens is 1. The summed E-state index contributed by atoms with van der Waals surface area (Å²) < 4.78 is 0. The third-order valence-electron chi connectivity index (χ3n) is 5.21. The number of nitrogens with one attached hydrogen (secondary N) is 2. The molecule has 0 radical (unpaired) electrons. The lowest BCUT2D eigenvalue weighted by Crippen LogP contribution is -2.37. The number of benzene rings is 1. The van der Waals surface area contributed by atoms with Crippen LogP contribution in [0.4, 0.5) is 11.5 Å². The molecule has 0 aliphatic carbocycles. The molecule has 1 atom stereocenters. The van der Waals surface area contributed by atoms with Gasteiger partial charge < -0.3 is 11.1 Å². The van der Waals surface area contributed by atoms with Crippen molar-refractivity contribution in [2.45, 2.75) is 25.3 Å². The Hall–Kier alpha value is -2.86. The SMILES string of the molecule is Nc1cc(-c2cn[nH]c2C2CCCCN2CCNc2ccccc2)ccn1. The van der Waals surface area contributed by atoms with Crippen LogP contribution in [0, 0.1) is 0 Å². The van der Waals surface area contributed by atoms with E-state index in [2.05, 4.69) is 49.7 Å². The molecule has 0 spiro atoms. The van der Waals surface area contributed by atoms with Crippen LogP contribution in [0.15, 0.2) is 54.9 Å². The van der Waals surface area contributed by atoms with Crippen molar-refractivity contribution < 1.29 is 0 Å². The van der Waals surface area contributed by atoms with Gasteiger partial charge in [-0.3, -0.25) is 10.00 Å². The third kappa shape index (κ3) is 4.11. The van der Waals surface area contributed by atoms with Gasteiger partial charge >= 0.3 is 0 Å². The van der Waals surface area contributed by atoms with E-state index < -0.39 is 0 Å². The second-order valence-corrected chi connectivity index (χ2v) is 7.01. The van der Waals surface area contributed by atoms with Gasteiger partial charge in [0.25, 0.3) is 0 Å². The highest BCUT2D eigenvalue weighted by Crippen LogP contribution is 2.35. The number of para-hydroxylation sites is 1. The zero-order valence-electron chi connectivity index (χ0n) is 15.4. The predicted octanol–water partition coefficient (Wildman–Crippen LogP) is 3.69. The molecule has 140 valence electrons. The fourth-order valence-corrected chi connectivity index (χ4v) is 3.88. The van der Waals surface area contributed by atoms with Crippen LogP contribution in [0.1, 0.15) is 31.0 Å². The fourth-order valence-electron chi connectivity index (χ4n) is 3.88. The van der Waals surface area contributed by atoms with Gasteiger partial charge in [0.2, 0.25) is 0 Å². The van der Waals surface area contributed by atoms with Gasteiger partial charge in [-0.15, -0.1) is 0 Å². The summed E-state index contributed by atoms with van der Waals surface area (Å²) in [6.45, 7) is 3.03. The number of piperidine rings is 1. The number of anilines is 2. The number of likely N-dealkylation sites (tertiary alicyclic amines) is 1. The quantitative estimate of drug-likeness (QED) is 0.623. The number of nitrogens with two attached hydrogens (primary N) is 1. The molecule has 1 fully saturated rings. The Morgan fingerprint density at radius 3 is 2.93 bits per heavy atom. The van der Waals surface area contributed by atoms with Crippen LogP contribution in [0.25, 0.3) is 11.1 Å². The van der Waals surface area contributed by atoms with E-state index in [4.69, 9.17) is 5.73 Å². The summed E-state index contributed by atoms with van der Waals surface area (Å²) in [5.41, 5.74) is 10.4. The summed E-state index contributed by atoms with van der Waals surface area (Å²) in [4.78, 5) is 6.66. The molecule has 3 heterocycles. The highest BCUT2D eigenvalue weighted by molar-refractivity contribution is 5.67. The van der Waals surface area contributed by atoms with Gasteiger partial charge in [0.05, 0.1) is 17.9 Å². The highest BCUT2D eigenvalue weighted by Gasteiger charge is 2.27. The molecule has 2 aromatic heterocycles. The summed E-state index contributed by atoms with van der Waals surface area (Å²) in [5, 5.41) is 11.1. The van der Waals surface area contributed by atoms with Gasteiger partial charge in [-0.1, -0.05) is 24.6 Å². The monoisotopic (exact) mass is 362 g/mol. The zero-order valence-corrected chi connectivity index (χ0v) is 15.4. The first-order valence-electron chi connectivity index (χ1n) is 9.59. The lowest BCUT2D eigenvalue weighted by atomic mass is 9.95. The minimum atomic E-state index is 0.350. The first kappa shape index (κ1) is 17.5. The minimum absolute atomic E-state index is 0.350. The molecule has 4 N–H and O–H groups in total. The lowest BCUT2D eigenvalue weighted by Gasteiger charge is -2.35. The van der Waals surface area contributed by atoms with Crippen LogP contribution in [0.3, 0.4) is 0 Å². The minimum Gasteiger partial charge on any atom is -0.384 e. The number of hydrogen-bond donors (Lipinski definition) is 3. The summed E-state index contributed by atoms with van der Waals surface area (Å²) in [5.74, 6) is 0.534. The average Bonchev–Trinajstić information content (AvgIpc) is 3.19. The van der Waals surface area contributed by atoms with Crippen molar-refractivity contribution in [3.63, 3.8) is 0 Å². The molecular formula is C21H26N6. The number of aromatic amines is 1. The Morgan fingerprint density at radius 1 is 1.19 bits per heavy atom. The number of aromatic nitrogens is 3. The van der Waals surface area contributed by atoms with E-state index in [0.717, 1.165) is 37.2 Å². The maximum absolute atomic E-state index is 5.88. The van der Waals surface area contributed by atoms with Gasteiger partial charge in [-0.25, -0.2) is 4.98 Å². The van der Waals surface area contributed by atoms with Crippen molar-refractivity contribution in [1.29, 1.82) is 0 Å². The molecule has 1 aliphatic rings. The number of nitrogen functional groups attached to an aromatic ring is 1. The normalized spacial score (nSPS) is 17.7. The fraction of sp³-hybridized carbons (Fsp3) is 0.333. The van der Waals surface area contributed by atoms with Gasteiger partial charge in [0, 0.05) is 30.5 Å². The van der Waals surface area contributed by atoms with E-state index in [-0.39, 0.29) is 0 Å². The van der Waals surface area contributed by atoms with Crippen LogP contribution in [-0.2, 0) is 0 Å². The van der Waals surface area contributed by atoms with Crippen LogP contribution in [0.2, 0.25) is 0 Å². The van der Waals surface area contributed by atoms with Gasteiger partial charge in [-0.05, 0) is 49.2 Å². The topological polar surface area (TPSA) is 82.9 Å². The standard InChI is InChI=1S/C21H26N6/c22-20-14-16(9-10-24-20)18-15-25-26-21(18)19-8-4-5-12-27(19)13-11-23-17-6-2-1-3-7-17/h1-3,6-7,9-10,14-15,19,23H,4-5,8,11-13H2,(H2,22,24)(H,25,26). The van der Waals surface area contributed by atoms with Crippen molar-refractivity contribution in [2.24, 2.45) is 0 Å². The van der Waals surface area contributed by atoms with Crippen LogP contribution in [0.5, 0.6) is 0 Å². The molecule has 3 aromatic rings. The highest BCUT2D eigenvalue weighted by atomic mass is 15.2. The smallest absolute Gasteiger partial charge is 0.123 e. The molecule has 1 aliphatic heterocycles. The van der Waals surface area contributed by atoms with Crippen molar-refractivity contribution in [2.75, 3.05) is 30.7 Å². The predicted molar refractivity (Wildman–Crippen MR) is 109 cm³/mol. The Bertz CT molecular complexity index is 860. The van der Waals surface area contributed by atoms with E-state index in [1.165, 1.54) is 24.2 Å². The molecule has 6 heteroatoms.